The standard InChI is InChI=1S/C7H11N3OS/c1-5(2)12-7-6(9-11)4-10(3)8-7/h4-5H,1-3H3. The summed E-state index contributed by atoms with van der Waals surface area (Å²) < 4.78 is 1.60. The lowest BCUT2D eigenvalue weighted by Gasteiger charge is -1.99. The van der Waals surface area contributed by atoms with Gasteiger partial charge in [-0.3, -0.25) is 4.68 Å². The first-order valence-electron chi connectivity index (χ1n) is 3.67. The van der Waals surface area contributed by atoms with Gasteiger partial charge in [0.25, 0.3) is 0 Å². The molecule has 1 heterocycles. The maximum atomic E-state index is 10.3. The summed E-state index contributed by atoms with van der Waals surface area (Å²) in [5.41, 5.74) is 0.427. The highest BCUT2D eigenvalue weighted by molar-refractivity contribution is 7.99. The average molecular weight is 185 g/mol. The minimum atomic E-state index is 0.417. The molecule has 0 saturated heterocycles. The highest BCUT2D eigenvalue weighted by atomic mass is 32.2. The zero-order valence-corrected chi connectivity index (χ0v) is 8.13. The van der Waals surface area contributed by atoms with Crippen molar-refractivity contribution < 1.29 is 0 Å². The Morgan fingerprint density at radius 3 is 2.83 bits per heavy atom. The van der Waals surface area contributed by atoms with E-state index in [1.54, 1.807) is 29.7 Å². The van der Waals surface area contributed by atoms with Crippen molar-refractivity contribution in [3.63, 3.8) is 0 Å². The first-order valence-corrected chi connectivity index (χ1v) is 4.55. The molecule has 0 unspecified atom stereocenters. The molecule has 0 atom stereocenters. The summed E-state index contributed by atoms with van der Waals surface area (Å²) in [5, 5.41) is 8.13. The van der Waals surface area contributed by atoms with Gasteiger partial charge in [-0.25, -0.2) is 0 Å². The van der Waals surface area contributed by atoms with Crippen LogP contribution in [0.5, 0.6) is 0 Å². The molecular formula is C7H11N3OS. The second kappa shape index (κ2) is 3.71. The van der Waals surface area contributed by atoms with E-state index >= 15 is 0 Å². The van der Waals surface area contributed by atoms with E-state index in [9.17, 15) is 4.91 Å². The summed E-state index contributed by atoms with van der Waals surface area (Å²) in [7, 11) is 1.78. The molecule has 5 heteroatoms. The maximum Gasteiger partial charge on any atom is 0.159 e. The number of aryl methyl sites for hydroxylation is 1. The molecule has 0 radical (unpaired) electrons. The van der Waals surface area contributed by atoms with Crippen LogP contribution in [0.25, 0.3) is 0 Å². The van der Waals surface area contributed by atoms with E-state index in [2.05, 4.69) is 10.3 Å². The van der Waals surface area contributed by atoms with Crippen molar-refractivity contribution in [2.45, 2.75) is 24.1 Å². The molecule has 0 saturated carbocycles. The van der Waals surface area contributed by atoms with Gasteiger partial charge in [-0.05, 0) is 5.18 Å². The van der Waals surface area contributed by atoms with E-state index in [4.69, 9.17) is 0 Å². The van der Waals surface area contributed by atoms with Crippen LogP contribution in [0.2, 0.25) is 0 Å². The van der Waals surface area contributed by atoms with Crippen molar-refractivity contribution in [3.8, 4) is 0 Å². The number of aromatic nitrogens is 2. The molecule has 0 N–H and O–H groups in total. The molecule has 0 fully saturated rings. The Balaban J connectivity index is 2.89. The molecule has 1 aromatic rings. The van der Waals surface area contributed by atoms with Gasteiger partial charge in [0.05, 0.1) is 6.20 Å². The molecule has 4 nitrogen and oxygen atoms in total. The van der Waals surface area contributed by atoms with E-state index in [1.165, 1.54) is 0 Å². The van der Waals surface area contributed by atoms with Crippen LogP contribution in [-0.4, -0.2) is 15.0 Å². The normalized spacial score (nSPS) is 10.7. The van der Waals surface area contributed by atoms with Crippen LogP contribution >= 0.6 is 11.8 Å². The fourth-order valence-electron chi connectivity index (χ4n) is 0.825. The van der Waals surface area contributed by atoms with Crippen LogP contribution < -0.4 is 0 Å². The highest BCUT2D eigenvalue weighted by Crippen LogP contribution is 2.30. The van der Waals surface area contributed by atoms with Gasteiger partial charge >= 0.3 is 0 Å². The quantitative estimate of drug-likeness (QED) is 0.536. The summed E-state index contributed by atoms with van der Waals surface area (Å²) in [6.07, 6.45) is 1.62. The van der Waals surface area contributed by atoms with Crippen LogP contribution in [0.1, 0.15) is 13.8 Å². The lowest BCUT2D eigenvalue weighted by atomic mass is 10.6. The minimum absolute atomic E-state index is 0.417. The summed E-state index contributed by atoms with van der Waals surface area (Å²) in [5.74, 6) is 0. The van der Waals surface area contributed by atoms with E-state index < -0.39 is 0 Å². The second-order valence-corrected chi connectivity index (χ2v) is 4.32. The summed E-state index contributed by atoms with van der Waals surface area (Å²) in [4.78, 5) is 10.3. The third-order valence-electron chi connectivity index (χ3n) is 1.22. The van der Waals surface area contributed by atoms with Crippen LogP contribution in [0.15, 0.2) is 16.4 Å². The number of thioether (sulfide) groups is 1. The van der Waals surface area contributed by atoms with Crippen molar-refractivity contribution in [1.29, 1.82) is 0 Å². The topological polar surface area (TPSA) is 47.2 Å². The molecule has 66 valence electrons. The van der Waals surface area contributed by atoms with E-state index in [1.807, 2.05) is 13.8 Å². The molecule has 0 amide bonds. The molecular weight excluding hydrogens is 174 g/mol. The largest absolute Gasteiger partial charge is 0.272 e. The Morgan fingerprint density at radius 2 is 2.33 bits per heavy atom. The number of nitroso groups, excluding NO2 is 1. The van der Waals surface area contributed by atoms with Crippen molar-refractivity contribution in [2.75, 3.05) is 0 Å². The van der Waals surface area contributed by atoms with Crippen LogP contribution in [0.3, 0.4) is 0 Å². The zero-order chi connectivity index (χ0) is 9.14. The molecule has 0 aromatic carbocycles. The maximum absolute atomic E-state index is 10.3. The van der Waals surface area contributed by atoms with Crippen molar-refractivity contribution >= 4 is 17.4 Å². The predicted octanol–water partition coefficient (Wildman–Crippen LogP) is 2.32. The molecule has 1 aromatic heterocycles. The number of hydrogen-bond donors (Lipinski definition) is 0. The first kappa shape index (κ1) is 9.25. The van der Waals surface area contributed by atoms with E-state index in [-0.39, 0.29) is 0 Å². The smallest absolute Gasteiger partial charge is 0.159 e. The summed E-state index contributed by atoms with van der Waals surface area (Å²) in [6, 6.07) is 0. The number of hydrogen-bond acceptors (Lipinski definition) is 4. The fourth-order valence-corrected chi connectivity index (χ4v) is 1.66. The molecule has 0 aliphatic rings. The van der Waals surface area contributed by atoms with Gasteiger partial charge < -0.3 is 0 Å². The summed E-state index contributed by atoms with van der Waals surface area (Å²) >= 11 is 1.54. The average Bonchev–Trinajstić information content (AvgIpc) is 2.29. The van der Waals surface area contributed by atoms with Gasteiger partial charge in [0.15, 0.2) is 5.69 Å². The van der Waals surface area contributed by atoms with Gasteiger partial charge in [-0.15, -0.1) is 4.91 Å². The third-order valence-corrected chi connectivity index (χ3v) is 2.21. The zero-order valence-electron chi connectivity index (χ0n) is 7.31. The van der Waals surface area contributed by atoms with Gasteiger partial charge in [0, 0.05) is 12.3 Å². The van der Waals surface area contributed by atoms with Crippen LogP contribution in [-0.2, 0) is 7.05 Å². The number of rotatable bonds is 3. The third kappa shape index (κ3) is 2.07. The van der Waals surface area contributed by atoms with E-state index in [0.29, 0.717) is 16.0 Å². The van der Waals surface area contributed by atoms with Crippen molar-refractivity contribution in [1.82, 2.24) is 9.78 Å². The van der Waals surface area contributed by atoms with Crippen LogP contribution in [0, 0.1) is 4.91 Å². The van der Waals surface area contributed by atoms with Crippen molar-refractivity contribution in [2.24, 2.45) is 12.2 Å². The lowest BCUT2D eigenvalue weighted by molar-refractivity contribution is 0.737. The Bertz CT molecular complexity index is 282. The Morgan fingerprint density at radius 1 is 1.67 bits per heavy atom. The molecule has 0 aliphatic carbocycles. The molecule has 0 bridgehead atoms. The van der Waals surface area contributed by atoms with Gasteiger partial charge in [0.2, 0.25) is 0 Å². The Hall–Kier alpha value is -0.840. The molecule has 0 spiro atoms. The predicted molar refractivity (Wildman–Crippen MR) is 49.7 cm³/mol. The van der Waals surface area contributed by atoms with E-state index in [0.717, 1.165) is 0 Å². The molecule has 12 heavy (non-hydrogen) atoms. The monoisotopic (exact) mass is 185 g/mol. The van der Waals surface area contributed by atoms with Gasteiger partial charge in [-0.1, -0.05) is 25.6 Å². The SMILES string of the molecule is CC(C)Sc1nn(C)cc1N=O. The first-order chi connectivity index (χ1) is 5.63. The number of nitrogens with zero attached hydrogens (tertiary/aromatic N) is 3. The molecule has 0 aliphatic heterocycles. The minimum Gasteiger partial charge on any atom is -0.272 e. The molecule has 1 rings (SSSR count). The Labute approximate surface area is 75.3 Å². The van der Waals surface area contributed by atoms with Gasteiger partial charge in [-0.2, -0.15) is 5.10 Å². The summed E-state index contributed by atoms with van der Waals surface area (Å²) in [6.45, 7) is 4.10. The van der Waals surface area contributed by atoms with Gasteiger partial charge in [0.1, 0.15) is 5.03 Å². The Kier molecular flexibility index (Phi) is 2.86. The fraction of sp³-hybridized carbons (Fsp3) is 0.571. The second-order valence-electron chi connectivity index (χ2n) is 2.75. The van der Waals surface area contributed by atoms with Crippen LogP contribution in [0.4, 0.5) is 5.69 Å². The van der Waals surface area contributed by atoms with Crippen molar-refractivity contribution in [3.05, 3.63) is 11.1 Å². The highest BCUT2D eigenvalue weighted by Gasteiger charge is 2.09. The lowest BCUT2D eigenvalue weighted by Crippen LogP contribution is -1.89.